The molecule has 0 bridgehead atoms. The average molecular weight is 224 g/mol. The van der Waals surface area contributed by atoms with Crippen molar-refractivity contribution >= 4 is 11.8 Å². The first-order valence-electron chi connectivity index (χ1n) is 6.03. The second kappa shape index (κ2) is 7.20. The molecule has 0 spiro atoms. The van der Waals surface area contributed by atoms with Gasteiger partial charge in [0.1, 0.15) is 0 Å². The van der Waals surface area contributed by atoms with Crippen LogP contribution in [-0.2, 0) is 14.3 Å². The molecule has 0 aromatic carbocycles. The minimum atomic E-state index is -0.135. The van der Waals surface area contributed by atoms with E-state index < -0.39 is 0 Å². The Labute approximate surface area is 96.9 Å². The lowest BCUT2D eigenvalue weighted by Crippen LogP contribution is -1.99. The molecule has 1 fully saturated rings. The zero-order valence-electron chi connectivity index (χ0n) is 9.96. The maximum Gasteiger partial charge on any atom is 0.305 e. The summed E-state index contributed by atoms with van der Waals surface area (Å²) in [5.41, 5.74) is 1.02. The topological polar surface area (TPSA) is 43.4 Å². The molecule has 0 aromatic rings. The average Bonchev–Trinajstić information content (AvgIpc) is 2.69. The van der Waals surface area contributed by atoms with E-state index >= 15 is 0 Å². The first kappa shape index (κ1) is 12.9. The van der Waals surface area contributed by atoms with Gasteiger partial charge in [0.15, 0.2) is 5.78 Å². The molecule has 0 amide bonds. The fraction of sp³-hybridized carbons (Fsp3) is 0.692. The number of ether oxygens (including phenoxy) is 1. The molecule has 0 N–H and O–H groups in total. The van der Waals surface area contributed by atoms with Crippen LogP contribution in [0.4, 0.5) is 0 Å². The third-order valence-corrected chi connectivity index (χ3v) is 2.91. The highest BCUT2D eigenvalue weighted by molar-refractivity contribution is 5.97. The van der Waals surface area contributed by atoms with Crippen molar-refractivity contribution in [2.75, 3.05) is 7.11 Å². The number of hydrogen-bond donors (Lipinski definition) is 0. The number of carbonyl (C=O) groups excluding carboxylic acids is 2. The number of hydrogen-bond acceptors (Lipinski definition) is 3. The number of carbonyl (C=O) groups is 2. The molecule has 1 saturated carbocycles. The Kier molecular flexibility index (Phi) is 5.83. The first-order chi connectivity index (χ1) is 7.74. The smallest absolute Gasteiger partial charge is 0.305 e. The molecule has 0 aliphatic heterocycles. The Morgan fingerprint density at radius 3 is 2.75 bits per heavy atom. The largest absolute Gasteiger partial charge is 0.469 e. The molecule has 0 aromatic heterocycles. The number of methoxy groups -OCH3 is 1. The lowest BCUT2D eigenvalue weighted by Gasteiger charge is -1.99. The summed E-state index contributed by atoms with van der Waals surface area (Å²) in [5.74, 6) is 0.193. The van der Waals surface area contributed by atoms with Crippen LogP contribution in [0, 0.1) is 0 Å². The number of allylic oxidation sites excluding steroid dienone is 2. The van der Waals surface area contributed by atoms with Gasteiger partial charge in [-0.25, -0.2) is 0 Å². The maximum atomic E-state index is 11.3. The molecule has 90 valence electrons. The molecule has 3 heteroatoms. The van der Waals surface area contributed by atoms with Crippen LogP contribution in [-0.4, -0.2) is 18.9 Å². The molecule has 0 atom stereocenters. The quantitative estimate of drug-likeness (QED) is 0.396. The van der Waals surface area contributed by atoms with E-state index in [2.05, 4.69) is 10.8 Å². The Morgan fingerprint density at radius 1 is 1.31 bits per heavy atom. The van der Waals surface area contributed by atoms with Gasteiger partial charge < -0.3 is 4.74 Å². The van der Waals surface area contributed by atoms with E-state index in [0.29, 0.717) is 12.2 Å². The normalized spacial score (nSPS) is 18.1. The van der Waals surface area contributed by atoms with Crippen molar-refractivity contribution in [2.45, 2.75) is 51.4 Å². The standard InChI is InChI=1S/C13H20O3/c1-16-13(15)10-5-3-2-4-7-11-8-6-9-12(11)14/h7H,2-6,8-10H2,1H3. The molecular formula is C13H20O3. The van der Waals surface area contributed by atoms with Crippen molar-refractivity contribution in [3.63, 3.8) is 0 Å². The highest BCUT2D eigenvalue weighted by Crippen LogP contribution is 2.21. The molecule has 16 heavy (non-hydrogen) atoms. The minimum absolute atomic E-state index is 0.135. The van der Waals surface area contributed by atoms with Crippen LogP contribution < -0.4 is 0 Å². The lowest BCUT2D eigenvalue weighted by molar-refractivity contribution is -0.140. The third kappa shape index (κ3) is 4.60. The summed E-state index contributed by atoms with van der Waals surface area (Å²) in [5, 5.41) is 0. The van der Waals surface area contributed by atoms with Gasteiger partial charge in [-0.1, -0.05) is 12.5 Å². The second-order valence-corrected chi connectivity index (χ2v) is 4.18. The number of unbranched alkanes of at least 4 members (excludes halogenated alkanes) is 3. The molecule has 0 unspecified atom stereocenters. The summed E-state index contributed by atoms with van der Waals surface area (Å²) >= 11 is 0. The van der Waals surface area contributed by atoms with Gasteiger partial charge in [-0.15, -0.1) is 0 Å². The van der Waals surface area contributed by atoms with E-state index in [1.807, 2.05) is 0 Å². The maximum absolute atomic E-state index is 11.3. The number of esters is 1. The van der Waals surface area contributed by atoms with Crippen molar-refractivity contribution in [2.24, 2.45) is 0 Å². The van der Waals surface area contributed by atoms with Gasteiger partial charge in [0.2, 0.25) is 0 Å². The molecule has 1 aliphatic carbocycles. The lowest BCUT2D eigenvalue weighted by atomic mass is 10.1. The summed E-state index contributed by atoms with van der Waals surface area (Å²) in [6.45, 7) is 0. The fourth-order valence-electron chi connectivity index (χ4n) is 1.92. The highest BCUT2D eigenvalue weighted by atomic mass is 16.5. The molecule has 1 rings (SSSR count). The fourth-order valence-corrected chi connectivity index (χ4v) is 1.92. The molecule has 0 heterocycles. The van der Waals surface area contributed by atoms with E-state index in [1.54, 1.807) is 0 Å². The molecule has 0 radical (unpaired) electrons. The van der Waals surface area contributed by atoms with Crippen LogP contribution >= 0.6 is 0 Å². The summed E-state index contributed by atoms with van der Waals surface area (Å²) in [6, 6.07) is 0. The third-order valence-electron chi connectivity index (χ3n) is 2.91. The van der Waals surface area contributed by atoms with Crippen molar-refractivity contribution in [1.82, 2.24) is 0 Å². The van der Waals surface area contributed by atoms with Gasteiger partial charge in [0.05, 0.1) is 7.11 Å². The van der Waals surface area contributed by atoms with Crippen molar-refractivity contribution in [3.05, 3.63) is 11.6 Å². The van der Waals surface area contributed by atoms with Crippen LogP contribution in [0.3, 0.4) is 0 Å². The van der Waals surface area contributed by atoms with Crippen LogP contribution in [0.5, 0.6) is 0 Å². The van der Waals surface area contributed by atoms with E-state index in [9.17, 15) is 9.59 Å². The Morgan fingerprint density at radius 2 is 2.12 bits per heavy atom. The van der Waals surface area contributed by atoms with E-state index in [0.717, 1.165) is 50.5 Å². The highest BCUT2D eigenvalue weighted by Gasteiger charge is 2.15. The van der Waals surface area contributed by atoms with E-state index in [-0.39, 0.29) is 5.97 Å². The molecule has 1 aliphatic rings. The first-order valence-corrected chi connectivity index (χ1v) is 6.03. The van der Waals surface area contributed by atoms with Gasteiger partial charge in [-0.2, -0.15) is 0 Å². The van der Waals surface area contributed by atoms with Gasteiger partial charge in [-0.05, 0) is 37.7 Å². The van der Waals surface area contributed by atoms with E-state index in [1.165, 1.54) is 7.11 Å². The summed E-state index contributed by atoms with van der Waals surface area (Å²) in [7, 11) is 1.42. The number of Topliss-reactive ketones (excluding diaryl/α,β-unsaturated/α-hetero) is 1. The molecule has 0 saturated heterocycles. The van der Waals surface area contributed by atoms with Crippen LogP contribution in [0.1, 0.15) is 51.4 Å². The van der Waals surface area contributed by atoms with Gasteiger partial charge in [-0.3, -0.25) is 9.59 Å². The van der Waals surface area contributed by atoms with Gasteiger partial charge in [0, 0.05) is 12.8 Å². The summed E-state index contributed by atoms with van der Waals surface area (Å²) < 4.78 is 4.56. The number of rotatable bonds is 6. The SMILES string of the molecule is COC(=O)CCCCCC=C1CCCC1=O. The van der Waals surface area contributed by atoms with E-state index in [4.69, 9.17) is 0 Å². The minimum Gasteiger partial charge on any atom is -0.469 e. The molecular weight excluding hydrogens is 204 g/mol. The zero-order valence-corrected chi connectivity index (χ0v) is 9.96. The Bertz CT molecular complexity index is 279. The van der Waals surface area contributed by atoms with Crippen molar-refractivity contribution < 1.29 is 14.3 Å². The van der Waals surface area contributed by atoms with Crippen LogP contribution in [0.25, 0.3) is 0 Å². The predicted octanol–water partition coefficient (Wildman–Crippen LogP) is 2.79. The number of ketones is 1. The Balaban J connectivity index is 2.03. The van der Waals surface area contributed by atoms with Gasteiger partial charge in [0.25, 0.3) is 0 Å². The summed E-state index contributed by atoms with van der Waals surface area (Å²) in [4.78, 5) is 22.1. The Hall–Kier alpha value is -1.12. The zero-order chi connectivity index (χ0) is 11.8. The second-order valence-electron chi connectivity index (χ2n) is 4.18. The van der Waals surface area contributed by atoms with Gasteiger partial charge >= 0.3 is 5.97 Å². The van der Waals surface area contributed by atoms with Crippen LogP contribution in [0.15, 0.2) is 11.6 Å². The van der Waals surface area contributed by atoms with Crippen molar-refractivity contribution in [1.29, 1.82) is 0 Å². The molecule has 3 nitrogen and oxygen atoms in total. The van der Waals surface area contributed by atoms with Crippen molar-refractivity contribution in [3.8, 4) is 0 Å². The summed E-state index contributed by atoms with van der Waals surface area (Å²) in [6.07, 6.45) is 9.20. The predicted molar refractivity (Wildman–Crippen MR) is 62.0 cm³/mol. The van der Waals surface area contributed by atoms with Crippen LogP contribution in [0.2, 0.25) is 0 Å². The monoisotopic (exact) mass is 224 g/mol.